The van der Waals surface area contributed by atoms with E-state index in [-0.39, 0.29) is 0 Å². The van der Waals surface area contributed by atoms with Gasteiger partial charge in [-0.25, -0.2) is 4.98 Å². The van der Waals surface area contributed by atoms with Crippen LogP contribution >= 0.6 is 0 Å². The molecule has 78 valence electrons. The lowest BCUT2D eigenvalue weighted by Crippen LogP contribution is -2.18. The minimum absolute atomic E-state index is 0.586. The first-order valence-corrected chi connectivity index (χ1v) is 5.17. The zero-order valence-electron chi connectivity index (χ0n) is 8.69. The summed E-state index contributed by atoms with van der Waals surface area (Å²) >= 11 is 0. The molecule has 2 rings (SSSR count). The Labute approximate surface area is 84.7 Å². The molecule has 2 N–H and O–H groups in total. The van der Waals surface area contributed by atoms with E-state index in [1.54, 1.807) is 0 Å². The molecule has 1 unspecified atom stereocenters. The normalized spacial score (nSPS) is 23.1. The molecular weight excluding hydrogens is 176 g/mol. The molecule has 0 aliphatic carbocycles. The van der Waals surface area contributed by atoms with Gasteiger partial charge in [-0.3, -0.25) is 0 Å². The SMILES string of the molecule is CN1CCC(Cn2cncc2CN)C1. The molecule has 0 spiro atoms. The molecule has 0 saturated carbocycles. The van der Waals surface area contributed by atoms with Crippen molar-refractivity contribution in [2.75, 3.05) is 20.1 Å². The minimum atomic E-state index is 0.586. The fraction of sp³-hybridized carbons (Fsp3) is 0.700. The van der Waals surface area contributed by atoms with Crippen LogP contribution in [0.4, 0.5) is 0 Å². The number of aromatic nitrogens is 2. The molecule has 0 radical (unpaired) electrons. The van der Waals surface area contributed by atoms with Gasteiger partial charge in [0.05, 0.1) is 12.0 Å². The zero-order valence-corrected chi connectivity index (χ0v) is 8.69. The van der Waals surface area contributed by atoms with Crippen LogP contribution in [0.15, 0.2) is 12.5 Å². The van der Waals surface area contributed by atoms with Crippen LogP contribution in [0.25, 0.3) is 0 Å². The molecule has 1 aliphatic rings. The molecule has 1 saturated heterocycles. The van der Waals surface area contributed by atoms with Crippen LogP contribution in [0.1, 0.15) is 12.1 Å². The van der Waals surface area contributed by atoms with Gasteiger partial charge in [-0.1, -0.05) is 0 Å². The van der Waals surface area contributed by atoms with Crippen molar-refractivity contribution in [2.45, 2.75) is 19.5 Å². The molecule has 0 amide bonds. The van der Waals surface area contributed by atoms with E-state index in [9.17, 15) is 0 Å². The van der Waals surface area contributed by atoms with Gasteiger partial charge in [0.25, 0.3) is 0 Å². The van der Waals surface area contributed by atoms with Crippen LogP contribution < -0.4 is 5.73 Å². The van der Waals surface area contributed by atoms with Gasteiger partial charge in [-0.05, 0) is 25.9 Å². The van der Waals surface area contributed by atoms with Gasteiger partial charge < -0.3 is 15.2 Å². The second kappa shape index (κ2) is 4.11. The first-order valence-electron chi connectivity index (χ1n) is 5.17. The summed E-state index contributed by atoms with van der Waals surface area (Å²) in [5.74, 6) is 0.763. The third-order valence-electron chi connectivity index (χ3n) is 2.95. The molecule has 1 atom stereocenters. The highest BCUT2D eigenvalue weighted by atomic mass is 15.1. The molecule has 1 fully saturated rings. The number of nitrogens with two attached hydrogens (primary N) is 1. The Bertz CT molecular complexity index is 294. The number of hydrogen-bond acceptors (Lipinski definition) is 3. The maximum absolute atomic E-state index is 5.63. The van der Waals surface area contributed by atoms with E-state index >= 15 is 0 Å². The maximum Gasteiger partial charge on any atom is 0.0948 e. The summed E-state index contributed by atoms with van der Waals surface area (Å²) in [6, 6.07) is 0. The van der Waals surface area contributed by atoms with Crippen LogP contribution in [0.3, 0.4) is 0 Å². The Morgan fingerprint density at radius 1 is 1.64 bits per heavy atom. The quantitative estimate of drug-likeness (QED) is 0.752. The number of rotatable bonds is 3. The van der Waals surface area contributed by atoms with Crippen molar-refractivity contribution < 1.29 is 0 Å². The van der Waals surface area contributed by atoms with Crippen LogP contribution in [-0.4, -0.2) is 34.6 Å². The van der Waals surface area contributed by atoms with Crippen molar-refractivity contribution in [2.24, 2.45) is 11.7 Å². The van der Waals surface area contributed by atoms with Crippen LogP contribution in [0.5, 0.6) is 0 Å². The smallest absolute Gasteiger partial charge is 0.0948 e. The number of hydrogen-bond donors (Lipinski definition) is 1. The van der Waals surface area contributed by atoms with Gasteiger partial charge in [0, 0.05) is 25.8 Å². The highest BCUT2D eigenvalue weighted by molar-refractivity contribution is 4.97. The van der Waals surface area contributed by atoms with Gasteiger partial charge in [0.15, 0.2) is 0 Å². The highest BCUT2D eigenvalue weighted by Gasteiger charge is 2.20. The Morgan fingerprint density at radius 2 is 2.50 bits per heavy atom. The van der Waals surface area contributed by atoms with Gasteiger partial charge in [-0.15, -0.1) is 0 Å². The number of imidazole rings is 1. The molecule has 1 aliphatic heterocycles. The lowest BCUT2D eigenvalue weighted by molar-refractivity contribution is 0.376. The molecule has 0 aromatic carbocycles. The molecule has 0 bridgehead atoms. The van der Waals surface area contributed by atoms with E-state index in [1.165, 1.54) is 19.5 Å². The maximum atomic E-state index is 5.63. The highest BCUT2D eigenvalue weighted by Crippen LogP contribution is 2.17. The molecule has 2 heterocycles. The Hall–Kier alpha value is -0.870. The molecule has 4 nitrogen and oxygen atoms in total. The summed E-state index contributed by atoms with van der Waals surface area (Å²) in [6.07, 6.45) is 5.04. The predicted molar refractivity (Wildman–Crippen MR) is 55.7 cm³/mol. The lowest BCUT2D eigenvalue weighted by atomic mass is 10.1. The van der Waals surface area contributed by atoms with Gasteiger partial charge in [0.1, 0.15) is 0 Å². The average molecular weight is 194 g/mol. The Morgan fingerprint density at radius 3 is 3.14 bits per heavy atom. The first kappa shape index (κ1) is 9.68. The minimum Gasteiger partial charge on any atom is -0.333 e. The molecule has 4 heteroatoms. The first-order chi connectivity index (χ1) is 6.79. The topological polar surface area (TPSA) is 47.1 Å². The van der Waals surface area contributed by atoms with Crippen molar-refractivity contribution in [3.8, 4) is 0 Å². The standard InChI is InChI=1S/C10H18N4/c1-13-3-2-9(6-13)7-14-8-12-5-10(14)4-11/h5,8-9H,2-4,6-7,11H2,1H3. The molecule has 14 heavy (non-hydrogen) atoms. The lowest BCUT2D eigenvalue weighted by Gasteiger charge is -2.12. The summed E-state index contributed by atoms with van der Waals surface area (Å²) in [5.41, 5.74) is 6.76. The van der Waals surface area contributed by atoms with E-state index in [2.05, 4.69) is 21.5 Å². The van der Waals surface area contributed by atoms with Crippen LogP contribution in [0.2, 0.25) is 0 Å². The van der Waals surface area contributed by atoms with Crippen molar-refractivity contribution in [1.82, 2.24) is 14.5 Å². The van der Waals surface area contributed by atoms with E-state index in [4.69, 9.17) is 5.73 Å². The summed E-state index contributed by atoms with van der Waals surface area (Å²) in [6.45, 7) is 4.07. The summed E-state index contributed by atoms with van der Waals surface area (Å²) in [7, 11) is 2.18. The van der Waals surface area contributed by atoms with Gasteiger partial charge in [0.2, 0.25) is 0 Å². The van der Waals surface area contributed by atoms with E-state index in [1.807, 2.05) is 12.5 Å². The Kier molecular flexibility index (Phi) is 2.84. The number of nitrogens with zero attached hydrogens (tertiary/aromatic N) is 3. The predicted octanol–water partition coefficient (Wildman–Crippen LogP) is 0.293. The average Bonchev–Trinajstić information content (AvgIpc) is 2.76. The molecule has 1 aromatic heterocycles. The molecule has 1 aromatic rings. The summed E-state index contributed by atoms with van der Waals surface area (Å²) in [4.78, 5) is 6.50. The van der Waals surface area contributed by atoms with Gasteiger partial charge in [-0.2, -0.15) is 0 Å². The van der Waals surface area contributed by atoms with Crippen molar-refractivity contribution in [3.05, 3.63) is 18.2 Å². The van der Waals surface area contributed by atoms with Crippen LogP contribution in [0, 0.1) is 5.92 Å². The fourth-order valence-corrected chi connectivity index (χ4v) is 2.14. The number of likely N-dealkylation sites (tertiary alicyclic amines) is 1. The van der Waals surface area contributed by atoms with Crippen molar-refractivity contribution in [3.63, 3.8) is 0 Å². The van der Waals surface area contributed by atoms with E-state index in [0.29, 0.717) is 6.54 Å². The second-order valence-electron chi connectivity index (χ2n) is 4.16. The van der Waals surface area contributed by atoms with E-state index in [0.717, 1.165) is 18.2 Å². The fourth-order valence-electron chi connectivity index (χ4n) is 2.14. The zero-order chi connectivity index (χ0) is 9.97. The third-order valence-corrected chi connectivity index (χ3v) is 2.95. The van der Waals surface area contributed by atoms with Crippen molar-refractivity contribution in [1.29, 1.82) is 0 Å². The third kappa shape index (κ3) is 1.96. The van der Waals surface area contributed by atoms with Crippen molar-refractivity contribution >= 4 is 0 Å². The summed E-state index contributed by atoms with van der Waals surface area (Å²) < 4.78 is 2.18. The second-order valence-corrected chi connectivity index (χ2v) is 4.16. The van der Waals surface area contributed by atoms with E-state index < -0.39 is 0 Å². The monoisotopic (exact) mass is 194 g/mol. The Balaban J connectivity index is 1.97. The van der Waals surface area contributed by atoms with Crippen LogP contribution in [-0.2, 0) is 13.1 Å². The summed E-state index contributed by atoms with van der Waals surface area (Å²) in [5, 5.41) is 0. The largest absolute Gasteiger partial charge is 0.333 e. The molecular formula is C10H18N4. The van der Waals surface area contributed by atoms with Gasteiger partial charge >= 0.3 is 0 Å².